The smallest absolute Gasteiger partial charge is 0.303 e. The van der Waals surface area contributed by atoms with Crippen molar-refractivity contribution in [3.63, 3.8) is 0 Å². The fourth-order valence-corrected chi connectivity index (χ4v) is 2.41. The molecule has 2 nitrogen and oxygen atoms in total. The zero-order valence-electron chi connectivity index (χ0n) is 14.9. The highest BCUT2D eigenvalue weighted by atomic mass is 16.4. The first kappa shape index (κ1) is 20.9. The van der Waals surface area contributed by atoms with E-state index in [9.17, 15) is 4.79 Å². The van der Waals surface area contributed by atoms with E-state index in [1.165, 1.54) is 38.5 Å². The molecule has 0 heterocycles. The summed E-state index contributed by atoms with van der Waals surface area (Å²) >= 11 is 0. The fourth-order valence-electron chi connectivity index (χ4n) is 2.41. The molecule has 0 radical (unpaired) electrons. The molecule has 2 heteroatoms. The highest BCUT2D eigenvalue weighted by Gasteiger charge is 2.07. The van der Waals surface area contributed by atoms with Gasteiger partial charge in [-0.2, -0.15) is 0 Å². The van der Waals surface area contributed by atoms with Gasteiger partial charge in [0.15, 0.2) is 0 Å². The summed E-state index contributed by atoms with van der Waals surface area (Å²) in [6.45, 7) is 6.75. The van der Waals surface area contributed by atoms with Crippen LogP contribution in [0.25, 0.3) is 0 Å². The topological polar surface area (TPSA) is 37.3 Å². The van der Waals surface area contributed by atoms with Crippen LogP contribution >= 0.6 is 0 Å². The lowest BCUT2D eigenvalue weighted by molar-refractivity contribution is -0.137. The third-order valence-electron chi connectivity index (χ3n) is 3.83. The molecule has 0 aliphatic carbocycles. The number of hydrogen-bond acceptors (Lipinski definition) is 1. The van der Waals surface area contributed by atoms with E-state index in [0.717, 1.165) is 25.7 Å². The molecule has 0 aliphatic rings. The molecular weight excluding hydrogens is 272 g/mol. The van der Waals surface area contributed by atoms with Gasteiger partial charge >= 0.3 is 5.97 Å². The molecule has 0 aromatic carbocycles. The van der Waals surface area contributed by atoms with Crippen molar-refractivity contribution in [2.45, 2.75) is 91.4 Å². The van der Waals surface area contributed by atoms with Crippen molar-refractivity contribution in [1.82, 2.24) is 0 Å². The van der Waals surface area contributed by atoms with Crippen LogP contribution in [-0.4, -0.2) is 11.1 Å². The SMILES string of the molecule is CCCCC/C=C\C(C)(C)/C=C\CCCCCCCC(=O)O. The van der Waals surface area contributed by atoms with E-state index >= 15 is 0 Å². The molecule has 0 rings (SSSR count). The molecule has 1 N–H and O–H groups in total. The summed E-state index contributed by atoms with van der Waals surface area (Å²) in [7, 11) is 0. The molecule has 0 atom stereocenters. The van der Waals surface area contributed by atoms with E-state index in [-0.39, 0.29) is 5.41 Å². The normalized spacial score (nSPS) is 12.5. The van der Waals surface area contributed by atoms with Gasteiger partial charge in [0.05, 0.1) is 0 Å². The van der Waals surface area contributed by atoms with E-state index < -0.39 is 5.97 Å². The molecule has 0 saturated carbocycles. The highest BCUT2D eigenvalue weighted by molar-refractivity contribution is 5.66. The van der Waals surface area contributed by atoms with Crippen molar-refractivity contribution >= 4 is 5.97 Å². The van der Waals surface area contributed by atoms with Crippen molar-refractivity contribution in [2.75, 3.05) is 0 Å². The number of rotatable bonds is 14. The molecular formula is C20H36O2. The Morgan fingerprint density at radius 1 is 0.864 bits per heavy atom. The van der Waals surface area contributed by atoms with Crippen LogP contribution in [0.15, 0.2) is 24.3 Å². The number of allylic oxidation sites excluding steroid dienone is 4. The molecule has 0 unspecified atom stereocenters. The molecule has 0 fully saturated rings. The van der Waals surface area contributed by atoms with Crippen LogP contribution in [0.1, 0.15) is 91.4 Å². The molecule has 0 aromatic rings. The number of carboxylic acids is 1. The van der Waals surface area contributed by atoms with Crippen molar-refractivity contribution in [2.24, 2.45) is 5.41 Å². The highest BCUT2D eigenvalue weighted by Crippen LogP contribution is 2.20. The number of hydrogen-bond donors (Lipinski definition) is 1. The molecule has 0 amide bonds. The maximum absolute atomic E-state index is 10.4. The van der Waals surface area contributed by atoms with Crippen LogP contribution in [-0.2, 0) is 4.79 Å². The van der Waals surface area contributed by atoms with Crippen molar-refractivity contribution in [1.29, 1.82) is 0 Å². The second-order valence-electron chi connectivity index (χ2n) is 6.82. The van der Waals surface area contributed by atoms with Gasteiger partial charge in [-0.25, -0.2) is 0 Å². The monoisotopic (exact) mass is 308 g/mol. The molecule has 128 valence electrons. The Balaban J connectivity index is 3.62. The lowest BCUT2D eigenvalue weighted by atomic mass is 9.91. The fraction of sp³-hybridized carbons (Fsp3) is 0.750. The largest absolute Gasteiger partial charge is 0.481 e. The number of aliphatic carboxylic acids is 1. The van der Waals surface area contributed by atoms with Crippen molar-refractivity contribution < 1.29 is 9.90 Å². The summed E-state index contributed by atoms with van der Waals surface area (Å²) in [5.74, 6) is -0.673. The van der Waals surface area contributed by atoms with Gasteiger partial charge in [0.1, 0.15) is 0 Å². The predicted molar refractivity (Wildman–Crippen MR) is 96.2 cm³/mol. The standard InChI is InChI=1S/C20H36O2/c1-4-5-6-11-14-17-20(2,3)18-15-12-9-7-8-10-13-16-19(21)22/h14-15,17-18H,4-13,16H2,1-3H3,(H,21,22)/b17-14-,18-15-. The maximum Gasteiger partial charge on any atom is 0.303 e. The minimum Gasteiger partial charge on any atom is -0.481 e. The van der Waals surface area contributed by atoms with Crippen LogP contribution in [0, 0.1) is 5.41 Å². The lowest BCUT2D eigenvalue weighted by Gasteiger charge is -2.14. The van der Waals surface area contributed by atoms with E-state index in [1.54, 1.807) is 0 Å². The van der Waals surface area contributed by atoms with Gasteiger partial charge in [0, 0.05) is 11.8 Å². The first-order chi connectivity index (χ1) is 10.5. The van der Waals surface area contributed by atoms with E-state index in [4.69, 9.17) is 5.11 Å². The quantitative estimate of drug-likeness (QED) is 0.293. The van der Waals surface area contributed by atoms with E-state index in [0.29, 0.717) is 6.42 Å². The summed E-state index contributed by atoms with van der Waals surface area (Å²) in [5, 5.41) is 8.55. The van der Waals surface area contributed by atoms with Gasteiger partial charge in [-0.05, 0) is 32.1 Å². The summed E-state index contributed by atoms with van der Waals surface area (Å²) in [6, 6.07) is 0. The van der Waals surface area contributed by atoms with Crippen LogP contribution in [0.4, 0.5) is 0 Å². The molecule has 0 aromatic heterocycles. The molecule has 0 bridgehead atoms. The molecule has 0 saturated heterocycles. The third kappa shape index (κ3) is 15.3. The second-order valence-corrected chi connectivity index (χ2v) is 6.82. The first-order valence-corrected chi connectivity index (χ1v) is 9.05. The number of carboxylic acid groups (broad SMARTS) is 1. The van der Waals surface area contributed by atoms with Crippen LogP contribution < -0.4 is 0 Å². The average Bonchev–Trinajstić information content (AvgIpc) is 2.45. The number of unbranched alkanes of at least 4 members (excludes halogenated alkanes) is 8. The van der Waals surface area contributed by atoms with Gasteiger partial charge in [-0.15, -0.1) is 0 Å². The van der Waals surface area contributed by atoms with Gasteiger partial charge < -0.3 is 5.11 Å². The minimum atomic E-state index is -0.673. The van der Waals surface area contributed by atoms with Gasteiger partial charge in [-0.1, -0.05) is 77.2 Å². The van der Waals surface area contributed by atoms with Gasteiger partial charge in [-0.3, -0.25) is 4.79 Å². The lowest BCUT2D eigenvalue weighted by Crippen LogP contribution is -2.01. The zero-order chi connectivity index (χ0) is 16.7. The summed E-state index contributed by atoms with van der Waals surface area (Å²) < 4.78 is 0. The Morgan fingerprint density at radius 3 is 1.91 bits per heavy atom. The second kappa shape index (κ2) is 13.6. The van der Waals surface area contributed by atoms with Crippen LogP contribution in [0.3, 0.4) is 0 Å². The molecule has 0 spiro atoms. The zero-order valence-corrected chi connectivity index (χ0v) is 14.9. The Hall–Kier alpha value is -1.05. The first-order valence-electron chi connectivity index (χ1n) is 9.05. The van der Waals surface area contributed by atoms with Crippen LogP contribution in [0.2, 0.25) is 0 Å². The van der Waals surface area contributed by atoms with E-state index in [1.807, 2.05) is 0 Å². The molecule has 22 heavy (non-hydrogen) atoms. The Kier molecular flexibility index (Phi) is 13.0. The Labute approximate surface area is 137 Å². The minimum absolute atomic E-state index is 0.160. The third-order valence-corrected chi connectivity index (χ3v) is 3.83. The van der Waals surface area contributed by atoms with Crippen molar-refractivity contribution in [3.8, 4) is 0 Å². The van der Waals surface area contributed by atoms with Crippen LogP contribution in [0.5, 0.6) is 0 Å². The summed E-state index contributed by atoms with van der Waals surface area (Å²) in [4.78, 5) is 10.4. The Bertz CT molecular complexity index is 327. The van der Waals surface area contributed by atoms with Gasteiger partial charge in [0.25, 0.3) is 0 Å². The van der Waals surface area contributed by atoms with Gasteiger partial charge in [0.2, 0.25) is 0 Å². The maximum atomic E-state index is 10.4. The summed E-state index contributed by atoms with van der Waals surface area (Å²) in [6.07, 6.45) is 21.2. The number of carbonyl (C=O) groups is 1. The summed E-state index contributed by atoms with van der Waals surface area (Å²) in [5.41, 5.74) is 0.160. The molecule has 0 aliphatic heterocycles. The van der Waals surface area contributed by atoms with Crippen molar-refractivity contribution in [3.05, 3.63) is 24.3 Å². The van der Waals surface area contributed by atoms with E-state index in [2.05, 4.69) is 45.1 Å². The predicted octanol–water partition coefficient (Wildman–Crippen LogP) is 6.52. The average molecular weight is 309 g/mol. The Morgan fingerprint density at radius 2 is 1.36 bits per heavy atom.